The van der Waals surface area contributed by atoms with Crippen molar-refractivity contribution in [3.63, 3.8) is 0 Å². The second kappa shape index (κ2) is 16.9. The number of rotatable bonds is 13. The van der Waals surface area contributed by atoms with Crippen LogP contribution in [0.15, 0.2) is 29.3 Å². The molecule has 0 aliphatic rings. The summed E-state index contributed by atoms with van der Waals surface area (Å²) < 4.78 is 21.4. The highest BCUT2D eigenvalue weighted by Gasteiger charge is 2.05. The maximum Gasteiger partial charge on any atom is 0.191 e. The molecule has 0 aliphatic carbocycles. The molecule has 0 aromatic heterocycles. The van der Waals surface area contributed by atoms with Gasteiger partial charge in [0.05, 0.1) is 26.9 Å². The van der Waals surface area contributed by atoms with Gasteiger partial charge in [0.25, 0.3) is 0 Å². The van der Waals surface area contributed by atoms with Crippen LogP contribution >= 0.6 is 24.0 Å². The molecular formula is C19H34IN3O4. The Hall–Kier alpha value is -1.26. The summed E-state index contributed by atoms with van der Waals surface area (Å²) in [5, 5.41) is 6.54. The Morgan fingerprint density at radius 2 is 1.74 bits per heavy atom. The standard InChI is InChI=1S/C19H33N3O4.HI/c1-5-20-19(21-11-6-12-25-14-13-23-3)22-15-16(2)26-18-9-7-17(24-4)8-10-18;/h7-10,16H,5-6,11-15H2,1-4H3,(H2,20,21,22);1H. The Balaban J connectivity index is 0.00000676. The van der Waals surface area contributed by atoms with Crippen LogP contribution in [0.2, 0.25) is 0 Å². The van der Waals surface area contributed by atoms with E-state index < -0.39 is 0 Å². The van der Waals surface area contributed by atoms with E-state index in [2.05, 4.69) is 15.6 Å². The maximum atomic E-state index is 5.87. The van der Waals surface area contributed by atoms with Crippen molar-refractivity contribution in [1.29, 1.82) is 0 Å². The van der Waals surface area contributed by atoms with Gasteiger partial charge in [-0.2, -0.15) is 0 Å². The van der Waals surface area contributed by atoms with Crippen molar-refractivity contribution >= 4 is 29.9 Å². The average molecular weight is 495 g/mol. The first kappa shape index (κ1) is 25.7. The molecule has 27 heavy (non-hydrogen) atoms. The zero-order chi connectivity index (χ0) is 19.0. The molecule has 0 spiro atoms. The predicted octanol–water partition coefficient (Wildman–Crippen LogP) is 2.69. The SMILES string of the molecule is CCNC(=NCC(C)Oc1ccc(OC)cc1)NCCCOCCOC.I. The van der Waals surface area contributed by atoms with Gasteiger partial charge in [-0.1, -0.05) is 0 Å². The predicted molar refractivity (Wildman–Crippen MR) is 120 cm³/mol. The van der Waals surface area contributed by atoms with Gasteiger partial charge in [-0.25, -0.2) is 4.99 Å². The van der Waals surface area contributed by atoms with E-state index in [1.54, 1.807) is 14.2 Å². The molecule has 0 aliphatic heterocycles. The van der Waals surface area contributed by atoms with Crippen LogP contribution in [0.4, 0.5) is 0 Å². The number of halogens is 1. The summed E-state index contributed by atoms with van der Waals surface area (Å²) in [6, 6.07) is 7.55. The fourth-order valence-corrected chi connectivity index (χ4v) is 2.11. The van der Waals surface area contributed by atoms with Crippen LogP contribution in [0, 0.1) is 0 Å². The van der Waals surface area contributed by atoms with Gasteiger partial charge in [0.15, 0.2) is 5.96 Å². The van der Waals surface area contributed by atoms with Gasteiger partial charge >= 0.3 is 0 Å². The van der Waals surface area contributed by atoms with E-state index in [1.807, 2.05) is 38.1 Å². The minimum absolute atomic E-state index is 0. The highest BCUT2D eigenvalue weighted by molar-refractivity contribution is 14.0. The van der Waals surface area contributed by atoms with Gasteiger partial charge in [-0.05, 0) is 44.5 Å². The Labute approximate surface area is 180 Å². The molecule has 1 rings (SSSR count). The van der Waals surface area contributed by atoms with E-state index in [9.17, 15) is 0 Å². The Morgan fingerprint density at radius 1 is 1.04 bits per heavy atom. The lowest BCUT2D eigenvalue weighted by Gasteiger charge is -2.15. The lowest BCUT2D eigenvalue weighted by molar-refractivity contribution is 0.0698. The number of methoxy groups -OCH3 is 2. The molecule has 156 valence electrons. The van der Waals surface area contributed by atoms with Gasteiger partial charge in [-0.15, -0.1) is 24.0 Å². The van der Waals surface area contributed by atoms with Crippen molar-refractivity contribution in [2.75, 3.05) is 53.7 Å². The van der Waals surface area contributed by atoms with Crippen LogP contribution in [0.25, 0.3) is 0 Å². The third-order valence-electron chi connectivity index (χ3n) is 3.44. The number of hydrogen-bond acceptors (Lipinski definition) is 5. The van der Waals surface area contributed by atoms with E-state index >= 15 is 0 Å². The second-order valence-corrected chi connectivity index (χ2v) is 5.71. The van der Waals surface area contributed by atoms with Crippen molar-refractivity contribution in [3.8, 4) is 11.5 Å². The summed E-state index contributed by atoms with van der Waals surface area (Å²) in [6.45, 7) is 8.17. The van der Waals surface area contributed by atoms with Crippen LogP contribution < -0.4 is 20.1 Å². The van der Waals surface area contributed by atoms with E-state index in [-0.39, 0.29) is 30.1 Å². The number of hydrogen-bond donors (Lipinski definition) is 2. The minimum atomic E-state index is -0.0313. The molecular weight excluding hydrogens is 461 g/mol. The topological polar surface area (TPSA) is 73.3 Å². The van der Waals surface area contributed by atoms with Crippen LogP contribution in [0.3, 0.4) is 0 Å². The molecule has 0 saturated carbocycles. The van der Waals surface area contributed by atoms with Crippen LogP contribution in [-0.4, -0.2) is 65.7 Å². The zero-order valence-electron chi connectivity index (χ0n) is 16.8. The normalized spacial score (nSPS) is 12.1. The van der Waals surface area contributed by atoms with E-state index in [0.29, 0.717) is 26.4 Å². The number of ether oxygens (including phenoxy) is 4. The molecule has 1 unspecified atom stereocenters. The highest BCUT2D eigenvalue weighted by Crippen LogP contribution is 2.18. The van der Waals surface area contributed by atoms with Crippen LogP contribution in [0.1, 0.15) is 20.3 Å². The quantitative estimate of drug-likeness (QED) is 0.190. The fraction of sp³-hybridized carbons (Fsp3) is 0.632. The molecule has 2 N–H and O–H groups in total. The van der Waals surface area contributed by atoms with Crippen molar-refractivity contribution in [2.45, 2.75) is 26.4 Å². The molecule has 0 fully saturated rings. The molecule has 0 radical (unpaired) electrons. The maximum absolute atomic E-state index is 5.87. The third kappa shape index (κ3) is 12.7. The van der Waals surface area contributed by atoms with Gasteiger partial charge in [0.1, 0.15) is 17.6 Å². The van der Waals surface area contributed by atoms with E-state index in [1.165, 1.54) is 0 Å². The molecule has 0 heterocycles. The first-order valence-corrected chi connectivity index (χ1v) is 9.09. The van der Waals surface area contributed by atoms with Crippen LogP contribution in [-0.2, 0) is 9.47 Å². The minimum Gasteiger partial charge on any atom is -0.497 e. The molecule has 7 nitrogen and oxygen atoms in total. The molecule has 0 bridgehead atoms. The van der Waals surface area contributed by atoms with Gasteiger partial charge in [-0.3, -0.25) is 0 Å². The number of nitrogens with one attached hydrogen (secondary N) is 2. The molecule has 0 amide bonds. The molecule has 1 atom stereocenters. The molecule has 1 aromatic carbocycles. The van der Waals surface area contributed by atoms with Crippen LogP contribution in [0.5, 0.6) is 11.5 Å². The Bertz CT molecular complexity index is 500. The number of aliphatic imine (C=N–C) groups is 1. The van der Waals surface area contributed by atoms with Crippen molar-refractivity contribution in [1.82, 2.24) is 10.6 Å². The Kier molecular flexibility index (Phi) is 16.1. The second-order valence-electron chi connectivity index (χ2n) is 5.71. The summed E-state index contributed by atoms with van der Waals surface area (Å²) in [5.74, 6) is 2.40. The average Bonchev–Trinajstić information content (AvgIpc) is 2.66. The summed E-state index contributed by atoms with van der Waals surface area (Å²) >= 11 is 0. The number of benzene rings is 1. The van der Waals surface area contributed by atoms with Gasteiger partial charge in [0, 0.05) is 26.8 Å². The summed E-state index contributed by atoms with van der Waals surface area (Å²) in [7, 11) is 3.32. The van der Waals surface area contributed by atoms with Crippen molar-refractivity contribution < 1.29 is 18.9 Å². The van der Waals surface area contributed by atoms with E-state index in [0.717, 1.165) is 37.0 Å². The van der Waals surface area contributed by atoms with Crippen molar-refractivity contribution in [2.24, 2.45) is 4.99 Å². The monoisotopic (exact) mass is 495 g/mol. The smallest absolute Gasteiger partial charge is 0.191 e. The molecule has 0 saturated heterocycles. The van der Waals surface area contributed by atoms with E-state index in [4.69, 9.17) is 18.9 Å². The molecule has 1 aromatic rings. The highest BCUT2D eigenvalue weighted by atomic mass is 127. The van der Waals surface area contributed by atoms with Gasteiger partial charge < -0.3 is 29.6 Å². The summed E-state index contributed by atoms with van der Waals surface area (Å²) in [5.41, 5.74) is 0. The first-order chi connectivity index (χ1) is 12.7. The zero-order valence-corrected chi connectivity index (χ0v) is 19.2. The van der Waals surface area contributed by atoms with Gasteiger partial charge in [0.2, 0.25) is 0 Å². The third-order valence-corrected chi connectivity index (χ3v) is 3.44. The lowest BCUT2D eigenvalue weighted by atomic mass is 10.3. The Morgan fingerprint density at radius 3 is 2.37 bits per heavy atom. The van der Waals surface area contributed by atoms with Crippen molar-refractivity contribution in [3.05, 3.63) is 24.3 Å². The lowest BCUT2D eigenvalue weighted by Crippen LogP contribution is -2.38. The number of guanidine groups is 1. The first-order valence-electron chi connectivity index (χ1n) is 9.09. The number of nitrogens with zero attached hydrogens (tertiary/aromatic N) is 1. The fourth-order valence-electron chi connectivity index (χ4n) is 2.11. The summed E-state index contributed by atoms with van der Waals surface area (Å²) in [6.07, 6.45) is 0.877. The summed E-state index contributed by atoms with van der Waals surface area (Å²) in [4.78, 5) is 4.57. The molecule has 8 heteroatoms. The largest absolute Gasteiger partial charge is 0.497 e.